The number of carbonyl (C=O) groups excluding carboxylic acids is 1. The molecular formula is C27H29N7O2. The maximum atomic E-state index is 13.0. The van der Waals surface area contributed by atoms with E-state index in [-0.39, 0.29) is 5.91 Å². The van der Waals surface area contributed by atoms with Gasteiger partial charge in [-0.15, -0.1) is 0 Å². The Balaban J connectivity index is 1.90. The summed E-state index contributed by atoms with van der Waals surface area (Å²) in [7, 11) is 0. The van der Waals surface area contributed by atoms with Gasteiger partial charge >= 0.3 is 0 Å². The molecule has 3 N–H and O–H groups in total. The monoisotopic (exact) mass is 483 g/mol. The molecule has 3 heterocycles. The molecule has 1 aliphatic rings. The van der Waals surface area contributed by atoms with Crippen LogP contribution in [0, 0.1) is 22.7 Å². The molecule has 1 amide bonds. The Kier molecular flexibility index (Phi) is 8.21. The van der Waals surface area contributed by atoms with Gasteiger partial charge in [0.15, 0.2) is 0 Å². The van der Waals surface area contributed by atoms with Crippen molar-refractivity contribution >= 4 is 17.3 Å². The Morgan fingerprint density at radius 3 is 2.58 bits per heavy atom. The van der Waals surface area contributed by atoms with E-state index >= 15 is 0 Å². The van der Waals surface area contributed by atoms with Crippen LogP contribution in [0.3, 0.4) is 0 Å². The van der Waals surface area contributed by atoms with E-state index in [2.05, 4.69) is 34.0 Å². The first-order valence-corrected chi connectivity index (χ1v) is 11.4. The van der Waals surface area contributed by atoms with Crippen molar-refractivity contribution in [3.8, 4) is 12.1 Å². The molecule has 36 heavy (non-hydrogen) atoms. The van der Waals surface area contributed by atoms with Gasteiger partial charge in [0.25, 0.3) is 5.91 Å². The van der Waals surface area contributed by atoms with Crippen LogP contribution >= 0.6 is 0 Å². The summed E-state index contributed by atoms with van der Waals surface area (Å²) >= 11 is 0. The Bertz CT molecular complexity index is 1300. The van der Waals surface area contributed by atoms with Crippen molar-refractivity contribution in [2.75, 3.05) is 31.2 Å². The first-order valence-electron chi connectivity index (χ1n) is 11.4. The van der Waals surface area contributed by atoms with Gasteiger partial charge in [-0.25, -0.2) is 4.98 Å². The highest BCUT2D eigenvalue weighted by Gasteiger charge is 2.23. The van der Waals surface area contributed by atoms with Crippen molar-refractivity contribution < 1.29 is 9.53 Å². The van der Waals surface area contributed by atoms with Gasteiger partial charge in [0.05, 0.1) is 36.0 Å². The molecule has 184 valence electrons. The first kappa shape index (κ1) is 26.1. The molecule has 0 unspecified atom stereocenters. The summed E-state index contributed by atoms with van der Waals surface area (Å²) in [5, 5.41) is 22.0. The third-order valence-corrected chi connectivity index (χ3v) is 5.75. The number of anilines is 1. The van der Waals surface area contributed by atoms with E-state index in [4.69, 9.17) is 10.5 Å². The fourth-order valence-corrected chi connectivity index (χ4v) is 3.61. The van der Waals surface area contributed by atoms with Crippen LogP contribution in [0.4, 0.5) is 5.82 Å². The number of nitrogens with two attached hydrogens (primary N) is 1. The number of rotatable bonds is 7. The molecule has 0 aromatic carbocycles. The molecule has 1 saturated heterocycles. The number of morpholine rings is 1. The smallest absolute Gasteiger partial charge is 0.255 e. The molecule has 3 rings (SSSR count). The second-order valence-electron chi connectivity index (χ2n) is 8.83. The van der Waals surface area contributed by atoms with Crippen molar-refractivity contribution in [1.29, 1.82) is 10.5 Å². The molecule has 0 saturated carbocycles. The minimum atomic E-state index is -0.835. The molecular weight excluding hydrogens is 454 g/mol. The van der Waals surface area contributed by atoms with Crippen LogP contribution in [0.5, 0.6) is 0 Å². The standard InChI is InChI=1S/C27H29N7O2/c1-5-22(33-26(35)19-6-7-31-24(13-19)27(3,4)17-29)14-23(18(2)30)21-12-20(15-28)25(32-16-21)34-8-10-36-11-9-34/h5-7,12-14,16H,1,8-11,30H2,2-4H3,(H,33,35)/b22-14+,23-18+. The van der Waals surface area contributed by atoms with Gasteiger partial charge in [-0.1, -0.05) is 6.58 Å². The molecule has 0 spiro atoms. The lowest BCUT2D eigenvalue weighted by Crippen LogP contribution is -2.37. The molecule has 1 aliphatic heterocycles. The van der Waals surface area contributed by atoms with Crippen molar-refractivity contribution in [3.05, 3.63) is 83.1 Å². The summed E-state index contributed by atoms with van der Waals surface area (Å²) in [5.74, 6) is 0.222. The van der Waals surface area contributed by atoms with E-state index in [1.807, 2.05) is 4.90 Å². The van der Waals surface area contributed by atoms with Crippen LogP contribution in [0.1, 0.15) is 48.0 Å². The minimum absolute atomic E-state index is 0.356. The van der Waals surface area contributed by atoms with Gasteiger partial charge in [0.2, 0.25) is 0 Å². The van der Waals surface area contributed by atoms with Gasteiger partial charge in [-0.05, 0) is 51.1 Å². The number of nitrogens with one attached hydrogen (secondary N) is 1. The fourth-order valence-electron chi connectivity index (χ4n) is 3.61. The zero-order valence-corrected chi connectivity index (χ0v) is 20.7. The third kappa shape index (κ3) is 5.96. The van der Waals surface area contributed by atoms with Crippen LogP contribution in [0.2, 0.25) is 0 Å². The lowest BCUT2D eigenvalue weighted by atomic mass is 9.90. The van der Waals surface area contributed by atoms with E-state index in [0.29, 0.717) is 71.5 Å². The lowest BCUT2D eigenvalue weighted by molar-refractivity contribution is 0.0967. The quantitative estimate of drug-likeness (QED) is 0.572. The summed E-state index contributed by atoms with van der Waals surface area (Å²) in [4.78, 5) is 23.7. The van der Waals surface area contributed by atoms with E-state index in [0.717, 1.165) is 0 Å². The first-order chi connectivity index (χ1) is 17.2. The number of amides is 1. The van der Waals surface area contributed by atoms with E-state index in [9.17, 15) is 15.3 Å². The van der Waals surface area contributed by atoms with E-state index in [1.54, 1.807) is 51.2 Å². The van der Waals surface area contributed by atoms with E-state index < -0.39 is 5.41 Å². The number of ether oxygens (including phenoxy) is 1. The minimum Gasteiger partial charge on any atom is -0.402 e. The van der Waals surface area contributed by atoms with Crippen LogP contribution in [-0.2, 0) is 10.2 Å². The van der Waals surface area contributed by atoms with E-state index in [1.165, 1.54) is 12.3 Å². The average molecular weight is 484 g/mol. The summed E-state index contributed by atoms with van der Waals surface area (Å²) < 4.78 is 5.39. The molecule has 2 aromatic rings. The van der Waals surface area contributed by atoms with Crippen molar-refractivity contribution in [2.45, 2.75) is 26.2 Å². The Labute approximate surface area is 211 Å². The maximum Gasteiger partial charge on any atom is 0.255 e. The number of nitrogens with zero attached hydrogens (tertiary/aromatic N) is 5. The second-order valence-corrected chi connectivity index (χ2v) is 8.83. The average Bonchev–Trinajstić information content (AvgIpc) is 2.90. The molecule has 0 bridgehead atoms. The largest absolute Gasteiger partial charge is 0.402 e. The number of aromatic nitrogens is 2. The highest BCUT2D eigenvalue weighted by atomic mass is 16.5. The molecule has 0 aliphatic carbocycles. The van der Waals surface area contributed by atoms with Gasteiger partial charge in [-0.3, -0.25) is 9.78 Å². The van der Waals surface area contributed by atoms with Crippen LogP contribution in [0.15, 0.2) is 60.7 Å². The van der Waals surface area contributed by atoms with Crippen LogP contribution < -0.4 is 16.0 Å². The summed E-state index contributed by atoms with van der Waals surface area (Å²) in [6.07, 6.45) is 6.35. The van der Waals surface area contributed by atoms with Gasteiger partial charge in [0.1, 0.15) is 11.9 Å². The SMILES string of the molecule is C=C/C(=C\C(=C(\C)N)c1cnc(N2CCOCC2)c(C#N)c1)NC(=O)c1ccnc(C(C)(C)C#N)c1. The number of pyridine rings is 2. The molecule has 0 radical (unpaired) electrons. The van der Waals surface area contributed by atoms with Crippen molar-refractivity contribution in [2.24, 2.45) is 5.73 Å². The Morgan fingerprint density at radius 1 is 1.25 bits per heavy atom. The summed E-state index contributed by atoms with van der Waals surface area (Å²) in [6, 6.07) is 9.32. The number of hydrogen-bond donors (Lipinski definition) is 2. The predicted molar refractivity (Wildman–Crippen MR) is 137 cm³/mol. The number of hydrogen-bond acceptors (Lipinski definition) is 8. The zero-order valence-electron chi connectivity index (χ0n) is 20.7. The van der Waals surface area contributed by atoms with Crippen molar-refractivity contribution in [3.63, 3.8) is 0 Å². The van der Waals surface area contributed by atoms with Gasteiger partial charge in [0, 0.05) is 53.6 Å². The topological polar surface area (TPSA) is 141 Å². The highest BCUT2D eigenvalue weighted by Crippen LogP contribution is 2.26. The maximum absolute atomic E-state index is 13.0. The predicted octanol–water partition coefficient (Wildman–Crippen LogP) is 3.18. The molecule has 0 atom stereocenters. The Morgan fingerprint density at radius 2 is 1.97 bits per heavy atom. The normalized spacial score (nSPS) is 14.8. The number of carbonyl (C=O) groups is 1. The Hall–Kier alpha value is -4.47. The molecule has 9 heteroatoms. The zero-order chi connectivity index (χ0) is 26.3. The fraction of sp³-hybridized carbons (Fsp3) is 0.296. The summed E-state index contributed by atoms with van der Waals surface area (Å²) in [6.45, 7) is 11.5. The lowest BCUT2D eigenvalue weighted by Gasteiger charge is -2.28. The molecule has 1 fully saturated rings. The number of nitriles is 2. The summed E-state index contributed by atoms with van der Waals surface area (Å²) in [5.41, 5.74) is 8.76. The number of allylic oxidation sites excluding steroid dienone is 4. The van der Waals surface area contributed by atoms with Crippen LogP contribution in [-0.4, -0.2) is 42.2 Å². The molecule has 9 nitrogen and oxygen atoms in total. The van der Waals surface area contributed by atoms with Gasteiger partial charge < -0.3 is 20.7 Å². The highest BCUT2D eigenvalue weighted by molar-refractivity contribution is 5.96. The van der Waals surface area contributed by atoms with Crippen LogP contribution in [0.25, 0.3) is 5.57 Å². The molecule has 2 aromatic heterocycles. The second kappa shape index (κ2) is 11.3. The van der Waals surface area contributed by atoms with Gasteiger partial charge in [-0.2, -0.15) is 10.5 Å². The van der Waals surface area contributed by atoms with Crippen molar-refractivity contribution in [1.82, 2.24) is 15.3 Å². The third-order valence-electron chi connectivity index (χ3n) is 5.75.